The van der Waals surface area contributed by atoms with Gasteiger partial charge in [-0.15, -0.1) is 0 Å². The molecule has 0 amide bonds. The molecule has 96 valence electrons. The normalized spacial score (nSPS) is 12.4. The van der Waals surface area contributed by atoms with Gasteiger partial charge in [0.1, 0.15) is 5.82 Å². The van der Waals surface area contributed by atoms with Gasteiger partial charge in [0.25, 0.3) is 0 Å². The average molecular weight is 248 g/mol. The summed E-state index contributed by atoms with van der Waals surface area (Å²) >= 11 is 0. The molecule has 2 N–H and O–H groups in total. The minimum Gasteiger partial charge on any atom is -0.472 e. The quantitative estimate of drug-likeness (QED) is 0.904. The van der Waals surface area contributed by atoms with Crippen molar-refractivity contribution in [2.45, 2.75) is 19.5 Å². The Balaban J connectivity index is 2.31. The lowest BCUT2D eigenvalue weighted by Gasteiger charge is -2.24. The lowest BCUT2D eigenvalue weighted by Crippen LogP contribution is -2.21. The summed E-state index contributed by atoms with van der Waals surface area (Å²) in [5.41, 5.74) is 8.24. The van der Waals surface area contributed by atoms with E-state index in [0.29, 0.717) is 12.2 Å². The number of halogens is 1. The molecule has 1 heterocycles. The summed E-state index contributed by atoms with van der Waals surface area (Å²) in [7, 11) is 1.84. The van der Waals surface area contributed by atoms with E-state index < -0.39 is 0 Å². The van der Waals surface area contributed by atoms with Gasteiger partial charge in [0.2, 0.25) is 0 Å². The van der Waals surface area contributed by atoms with Gasteiger partial charge in [0, 0.05) is 25.2 Å². The number of para-hydroxylation sites is 1. The van der Waals surface area contributed by atoms with Crippen LogP contribution in [0.15, 0.2) is 41.2 Å². The van der Waals surface area contributed by atoms with Crippen molar-refractivity contribution < 1.29 is 8.81 Å². The fraction of sp³-hybridized carbons (Fsp3) is 0.286. The van der Waals surface area contributed by atoms with E-state index in [4.69, 9.17) is 10.2 Å². The molecule has 0 fully saturated rings. The Hall–Kier alpha value is -1.81. The van der Waals surface area contributed by atoms with E-state index in [2.05, 4.69) is 0 Å². The number of rotatable bonds is 4. The third-order valence-electron chi connectivity index (χ3n) is 2.89. The maximum absolute atomic E-state index is 14.0. The van der Waals surface area contributed by atoms with Crippen molar-refractivity contribution in [2.75, 3.05) is 11.9 Å². The molecule has 0 bridgehead atoms. The Morgan fingerprint density at radius 3 is 2.78 bits per heavy atom. The zero-order valence-electron chi connectivity index (χ0n) is 10.6. The first kappa shape index (κ1) is 12.6. The van der Waals surface area contributed by atoms with E-state index in [1.54, 1.807) is 18.6 Å². The first-order valence-corrected chi connectivity index (χ1v) is 5.86. The minimum absolute atomic E-state index is 0.206. The molecule has 2 aromatic rings. The maximum Gasteiger partial charge on any atom is 0.146 e. The minimum atomic E-state index is -0.254. The Labute approximate surface area is 106 Å². The molecule has 4 heteroatoms. The molecule has 18 heavy (non-hydrogen) atoms. The standard InChI is InChI=1S/C14H17FN2O/c1-10(16)12-4-3-5-13(15)14(12)17(2)8-11-6-7-18-9-11/h3-7,9-10H,8,16H2,1-2H3. The van der Waals surface area contributed by atoms with Crippen LogP contribution in [0.4, 0.5) is 10.1 Å². The first-order valence-electron chi connectivity index (χ1n) is 5.86. The summed E-state index contributed by atoms with van der Waals surface area (Å²) in [5, 5.41) is 0. The van der Waals surface area contributed by atoms with Crippen LogP contribution in [-0.2, 0) is 6.54 Å². The first-order chi connectivity index (χ1) is 8.59. The van der Waals surface area contributed by atoms with Crippen molar-refractivity contribution in [3.05, 3.63) is 53.7 Å². The van der Waals surface area contributed by atoms with Crippen molar-refractivity contribution >= 4 is 5.69 Å². The zero-order chi connectivity index (χ0) is 13.1. The fourth-order valence-electron chi connectivity index (χ4n) is 2.04. The van der Waals surface area contributed by atoms with Gasteiger partial charge in [0.05, 0.1) is 18.2 Å². The molecule has 0 saturated carbocycles. The lowest BCUT2D eigenvalue weighted by atomic mass is 10.1. The molecule has 0 aliphatic rings. The molecule has 0 aliphatic carbocycles. The molecule has 0 spiro atoms. The van der Waals surface area contributed by atoms with Crippen molar-refractivity contribution in [3.8, 4) is 0 Å². The van der Waals surface area contributed by atoms with Gasteiger partial charge in [-0.05, 0) is 24.6 Å². The van der Waals surface area contributed by atoms with Gasteiger partial charge in [-0.3, -0.25) is 0 Å². The monoisotopic (exact) mass is 248 g/mol. The van der Waals surface area contributed by atoms with Crippen LogP contribution in [0.5, 0.6) is 0 Å². The molecule has 1 atom stereocenters. The number of benzene rings is 1. The molecule has 0 aliphatic heterocycles. The molecule has 1 aromatic carbocycles. The molecule has 2 rings (SSSR count). The average Bonchev–Trinajstić information content (AvgIpc) is 2.81. The van der Waals surface area contributed by atoms with Crippen LogP contribution in [0, 0.1) is 5.82 Å². The second-order valence-electron chi connectivity index (χ2n) is 4.45. The summed E-state index contributed by atoms with van der Waals surface area (Å²) in [4.78, 5) is 1.85. The highest BCUT2D eigenvalue weighted by molar-refractivity contribution is 5.55. The van der Waals surface area contributed by atoms with E-state index in [9.17, 15) is 4.39 Å². The smallest absolute Gasteiger partial charge is 0.146 e. The van der Waals surface area contributed by atoms with Crippen LogP contribution in [0.3, 0.4) is 0 Å². The summed E-state index contributed by atoms with van der Waals surface area (Å²) in [6.45, 7) is 2.43. The predicted octanol–water partition coefficient (Wildman–Crippen LogP) is 3.07. The van der Waals surface area contributed by atoms with Gasteiger partial charge in [-0.2, -0.15) is 0 Å². The Morgan fingerprint density at radius 2 is 2.17 bits per heavy atom. The highest BCUT2D eigenvalue weighted by Gasteiger charge is 2.15. The van der Waals surface area contributed by atoms with Gasteiger partial charge >= 0.3 is 0 Å². The van der Waals surface area contributed by atoms with Crippen molar-refractivity contribution in [2.24, 2.45) is 5.73 Å². The van der Waals surface area contributed by atoms with Crippen LogP contribution in [0.2, 0.25) is 0 Å². The number of nitrogens with two attached hydrogens (primary N) is 1. The Morgan fingerprint density at radius 1 is 1.39 bits per heavy atom. The van der Waals surface area contributed by atoms with Gasteiger partial charge in [-0.25, -0.2) is 4.39 Å². The van der Waals surface area contributed by atoms with Crippen LogP contribution in [0.25, 0.3) is 0 Å². The highest BCUT2D eigenvalue weighted by Crippen LogP contribution is 2.28. The van der Waals surface area contributed by atoms with E-state index >= 15 is 0 Å². The zero-order valence-corrected chi connectivity index (χ0v) is 10.6. The predicted molar refractivity (Wildman–Crippen MR) is 69.8 cm³/mol. The molecule has 0 radical (unpaired) electrons. The molecule has 1 aromatic heterocycles. The summed E-state index contributed by atoms with van der Waals surface area (Å²) in [5.74, 6) is -0.254. The van der Waals surface area contributed by atoms with Crippen LogP contribution < -0.4 is 10.6 Å². The number of hydrogen-bond acceptors (Lipinski definition) is 3. The number of nitrogens with zero attached hydrogens (tertiary/aromatic N) is 1. The topological polar surface area (TPSA) is 42.4 Å². The SMILES string of the molecule is CC(N)c1cccc(F)c1N(C)Cc1ccoc1. The molecular formula is C14H17FN2O. The second kappa shape index (κ2) is 5.23. The fourth-order valence-corrected chi connectivity index (χ4v) is 2.04. The van der Waals surface area contributed by atoms with Crippen molar-refractivity contribution in [1.82, 2.24) is 0 Å². The Kier molecular flexibility index (Phi) is 3.67. The third-order valence-corrected chi connectivity index (χ3v) is 2.89. The Bertz CT molecular complexity index is 509. The number of hydrogen-bond donors (Lipinski definition) is 1. The number of anilines is 1. The van der Waals surface area contributed by atoms with Crippen molar-refractivity contribution in [3.63, 3.8) is 0 Å². The van der Waals surface area contributed by atoms with Gasteiger partial charge in [-0.1, -0.05) is 12.1 Å². The summed E-state index contributed by atoms with van der Waals surface area (Å²) < 4.78 is 19.0. The van der Waals surface area contributed by atoms with Crippen LogP contribution in [0.1, 0.15) is 24.1 Å². The number of furan rings is 1. The van der Waals surface area contributed by atoms with Crippen LogP contribution >= 0.6 is 0 Å². The third kappa shape index (κ3) is 2.54. The van der Waals surface area contributed by atoms with E-state index in [1.165, 1.54) is 6.07 Å². The van der Waals surface area contributed by atoms with Crippen molar-refractivity contribution in [1.29, 1.82) is 0 Å². The van der Waals surface area contributed by atoms with E-state index in [-0.39, 0.29) is 11.9 Å². The molecule has 3 nitrogen and oxygen atoms in total. The highest BCUT2D eigenvalue weighted by atomic mass is 19.1. The van der Waals surface area contributed by atoms with E-state index in [1.807, 2.05) is 31.0 Å². The van der Waals surface area contributed by atoms with Gasteiger partial charge < -0.3 is 15.1 Å². The molecular weight excluding hydrogens is 231 g/mol. The molecule has 1 unspecified atom stereocenters. The van der Waals surface area contributed by atoms with Crippen LogP contribution in [-0.4, -0.2) is 7.05 Å². The van der Waals surface area contributed by atoms with E-state index in [0.717, 1.165) is 11.1 Å². The maximum atomic E-state index is 14.0. The summed E-state index contributed by atoms with van der Waals surface area (Å²) in [6, 6.07) is 6.65. The molecule has 0 saturated heterocycles. The van der Waals surface area contributed by atoms with Gasteiger partial charge in [0.15, 0.2) is 0 Å². The second-order valence-corrected chi connectivity index (χ2v) is 4.45. The summed E-state index contributed by atoms with van der Waals surface area (Å²) in [6.07, 6.45) is 3.26. The lowest BCUT2D eigenvalue weighted by molar-refractivity contribution is 0.563. The largest absolute Gasteiger partial charge is 0.472 e.